The summed E-state index contributed by atoms with van der Waals surface area (Å²) in [4.78, 5) is 22.4. The lowest BCUT2D eigenvalue weighted by Gasteiger charge is -2.33. The Morgan fingerprint density at radius 1 is 1.28 bits per heavy atom. The van der Waals surface area contributed by atoms with E-state index in [0.717, 1.165) is 26.1 Å². The van der Waals surface area contributed by atoms with Crippen LogP contribution in [0.2, 0.25) is 0 Å². The van der Waals surface area contributed by atoms with Crippen molar-refractivity contribution in [3.63, 3.8) is 0 Å². The number of piperidine rings is 1. The molecule has 0 spiro atoms. The first-order valence-electron chi connectivity index (χ1n) is 8.94. The zero-order chi connectivity index (χ0) is 17.6. The van der Waals surface area contributed by atoms with Crippen molar-refractivity contribution in [2.75, 3.05) is 19.6 Å². The third kappa shape index (κ3) is 4.86. The van der Waals surface area contributed by atoms with Crippen molar-refractivity contribution in [2.45, 2.75) is 33.2 Å². The van der Waals surface area contributed by atoms with E-state index in [1.54, 1.807) is 12.3 Å². The lowest BCUT2D eigenvalue weighted by molar-refractivity contribution is 0.0925. The van der Waals surface area contributed by atoms with Crippen LogP contribution in [0.15, 0.2) is 36.8 Å². The summed E-state index contributed by atoms with van der Waals surface area (Å²) < 4.78 is 0. The summed E-state index contributed by atoms with van der Waals surface area (Å²) in [5.41, 5.74) is 4.49. The number of nitrogens with one attached hydrogen (secondary N) is 1. The van der Waals surface area contributed by atoms with Crippen molar-refractivity contribution < 1.29 is 4.79 Å². The van der Waals surface area contributed by atoms with Gasteiger partial charge < -0.3 is 5.32 Å². The lowest BCUT2D eigenvalue weighted by atomic mass is 9.97. The third-order valence-corrected chi connectivity index (χ3v) is 4.95. The molecule has 1 N–H and O–H groups in total. The molecule has 0 aliphatic carbocycles. The molecule has 1 fully saturated rings. The van der Waals surface area contributed by atoms with Crippen LogP contribution in [-0.2, 0) is 6.54 Å². The average molecular weight is 338 g/mol. The number of hydrogen-bond donors (Lipinski definition) is 1. The highest BCUT2D eigenvalue weighted by atomic mass is 16.1. The molecule has 3 rings (SSSR count). The average Bonchev–Trinajstić information content (AvgIpc) is 2.64. The summed E-state index contributed by atoms with van der Waals surface area (Å²) >= 11 is 0. The van der Waals surface area contributed by atoms with Gasteiger partial charge in [0.25, 0.3) is 5.91 Å². The van der Waals surface area contributed by atoms with E-state index in [0.29, 0.717) is 18.2 Å². The number of rotatable bonds is 5. The second-order valence-corrected chi connectivity index (χ2v) is 6.97. The van der Waals surface area contributed by atoms with E-state index in [-0.39, 0.29) is 5.91 Å². The minimum atomic E-state index is -0.117. The highest BCUT2D eigenvalue weighted by Crippen LogP contribution is 2.19. The number of hydrogen-bond acceptors (Lipinski definition) is 4. The molecule has 1 aromatic heterocycles. The maximum absolute atomic E-state index is 12.1. The highest BCUT2D eigenvalue weighted by molar-refractivity contribution is 5.92. The Balaban J connectivity index is 1.51. The SMILES string of the molecule is Cc1ccc(CN2CCCC(CNC(=O)c3ccncn3)C2)cc1C. The van der Waals surface area contributed by atoms with Crippen LogP contribution >= 0.6 is 0 Å². The Hall–Kier alpha value is -2.27. The van der Waals surface area contributed by atoms with Gasteiger partial charge in [0.05, 0.1) is 0 Å². The molecule has 0 bridgehead atoms. The quantitative estimate of drug-likeness (QED) is 0.911. The Morgan fingerprint density at radius 3 is 2.92 bits per heavy atom. The van der Waals surface area contributed by atoms with Crippen LogP contribution in [0.3, 0.4) is 0 Å². The monoisotopic (exact) mass is 338 g/mol. The minimum absolute atomic E-state index is 0.117. The van der Waals surface area contributed by atoms with E-state index in [2.05, 4.69) is 52.2 Å². The summed E-state index contributed by atoms with van der Waals surface area (Å²) in [7, 11) is 0. The number of amides is 1. The molecule has 1 amide bonds. The summed E-state index contributed by atoms with van der Waals surface area (Å²) in [5, 5.41) is 3.01. The largest absolute Gasteiger partial charge is 0.350 e. The predicted molar refractivity (Wildman–Crippen MR) is 98.3 cm³/mol. The van der Waals surface area contributed by atoms with E-state index in [9.17, 15) is 4.79 Å². The topological polar surface area (TPSA) is 58.1 Å². The van der Waals surface area contributed by atoms with Crippen molar-refractivity contribution in [3.05, 3.63) is 59.2 Å². The van der Waals surface area contributed by atoms with Gasteiger partial charge in [-0.3, -0.25) is 9.69 Å². The maximum atomic E-state index is 12.1. The standard InChI is InChI=1S/C20H26N4O/c1-15-5-6-17(10-16(15)2)12-24-9-3-4-18(13-24)11-22-20(25)19-7-8-21-14-23-19/h5-8,10,14,18H,3-4,9,11-13H2,1-2H3,(H,22,25). The molecule has 2 aromatic rings. The summed E-state index contributed by atoms with van der Waals surface area (Å²) in [6, 6.07) is 8.36. The normalized spacial score (nSPS) is 18.1. The van der Waals surface area contributed by atoms with Gasteiger partial charge in [0.1, 0.15) is 12.0 Å². The van der Waals surface area contributed by atoms with E-state index in [4.69, 9.17) is 0 Å². The highest BCUT2D eigenvalue weighted by Gasteiger charge is 2.21. The molecular formula is C20H26N4O. The van der Waals surface area contributed by atoms with Crippen LogP contribution in [0.5, 0.6) is 0 Å². The van der Waals surface area contributed by atoms with Gasteiger partial charge in [-0.15, -0.1) is 0 Å². The van der Waals surface area contributed by atoms with Crippen molar-refractivity contribution in [2.24, 2.45) is 5.92 Å². The number of nitrogens with zero attached hydrogens (tertiary/aromatic N) is 3. The molecule has 1 atom stereocenters. The van der Waals surface area contributed by atoms with Crippen LogP contribution in [0.4, 0.5) is 0 Å². The number of aromatic nitrogens is 2. The molecule has 5 heteroatoms. The lowest BCUT2D eigenvalue weighted by Crippen LogP contribution is -2.40. The second kappa shape index (κ2) is 8.21. The van der Waals surface area contributed by atoms with Crippen LogP contribution < -0.4 is 5.32 Å². The Morgan fingerprint density at radius 2 is 2.16 bits per heavy atom. The zero-order valence-corrected chi connectivity index (χ0v) is 15.0. The number of likely N-dealkylation sites (tertiary alicyclic amines) is 1. The van der Waals surface area contributed by atoms with Gasteiger partial charge in [0, 0.05) is 25.8 Å². The van der Waals surface area contributed by atoms with Gasteiger partial charge in [0.2, 0.25) is 0 Å². The van der Waals surface area contributed by atoms with Gasteiger partial charge in [-0.25, -0.2) is 9.97 Å². The van der Waals surface area contributed by atoms with E-state index in [1.165, 1.54) is 29.4 Å². The first kappa shape index (κ1) is 17.5. The number of carbonyl (C=O) groups is 1. The molecule has 1 unspecified atom stereocenters. The third-order valence-electron chi connectivity index (χ3n) is 4.95. The number of carbonyl (C=O) groups excluding carboxylic acids is 1. The molecule has 1 saturated heterocycles. The Bertz CT molecular complexity index is 717. The minimum Gasteiger partial charge on any atom is -0.350 e. The fourth-order valence-corrected chi connectivity index (χ4v) is 3.37. The molecule has 132 valence electrons. The van der Waals surface area contributed by atoms with Gasteiger partial charge in [-0.1, -0.05) is 18.2 Å². The van der Waals surface area contributed by atoms with E-state index >= 15 is 0 Å². The number of benzene rings is 1. The van der Waals surface area contributed by atoms with Crippen LogP contribution in [-0.4, -0.2) is 40.4 Å². The molecular weight excluding hydrogens is 312 g/mol. The Labute approximate surface area is 149 Å². The molecule has 0 saturated carbocycles. The van der Waals surface area contributed by atoms with Gasteiger partial charge >= 0.3 is 0 Å². The molecule has 1 aliphatic rings. The van der Waals surface area contributed by atoms with Crippen LogP contribution in [0, 0.1) is 19.8 Å². The predicted octanol–water partition coefficient (Wildman–Crippen LogP) is 2.74. The zero-order valence-electron chi connectivity index (χ0n) is 15.0. The fraction of sp³-hybridized carbons (Fsp3) is 0.450. The van der Waals surface area contributed by atoms with Crippen LogP contribution in [0.25, 0.3) is 0 Å². The second-order valence-electron chi connectivity index (χ2n) is 6.97. The Kier molecular flexibility index (Phi) is 5.76. The van der Waals surface area contributed by atoms with Crippen molar-refractivity contribution in [1.29, 1.82) is 0 Å². The molecule has 1 aliphatic heterocycles. The van der Waals surface area contributed by atoms with Crippen molar-refractivity contribution in [1.82, 2.24) is 20.2 Å². The molecule has 0 radical (unpaired) electrons. The smallest absolute Gasteiger partial charge is 0.270 e. The van der Waals surface area contributed by atoms with Crippen molar-refractivity contribution in [3.8, 4) is 0 Å². The summed E-state index contributed by atoms with van der Waals surface area (Å²) in [6.07, 6.45) is 5.33. The fourth-order valence-electron chi connectivity index (χ4n) is 3.37. The van der Waals surface area contributed by atoms with Crippen molar-refractivity contribution >= 4 is 5.91 Å². The first-order valence-corrected chi connectivity index (χ1v) is 8.94. The summed E-state index contributed by atoms with van der Waals surface area (Å²) in [5.74, 6) is 0.375. The van der Waals surface area contributed by atoms with Gasteiger partial charge in [-0.05, 0) is 61.9 Å². The molecule has 5 nitrogen and oxygen atoms in total. The van der Waals surface area contributed by atoms with E-state index in [1.807, 2.05) is 0 Å². The van der Waals surface area contributed by atoms with E-state index < -0.39 is 0 Å². The molecule has 1 aromatic carbocycles. The van der Waals surface area contributed by atoms with Gasteiger partial charge in [-0.2, -0.15) is 0 Å². The molecule has 25 heavy (non-hydrogen) atoms. The van der Waals surface area contributed by atoms with Crippen LogP contribution in [0.1, 0.15) is 40.0 Å². The first-order chi connectivity index (χ1) is 12.1. The molecule has 2 heterocycles. The van der Waals surface area contributed by atoms with Gasteiger partial charge in [0.15, 0.2) is 0 Å². The maximum Gasteiger partial charge on any atom is 0.270 e. The summed E-state index contributed by atoms with van der Waals surface area (Å²) in [6.45, 7) is 8.15. The number of aryl methyl sites for hydroxylation is 2.